The zero-order valence-electron chi connectivity index (χ0n) is 17.8. The molecule has 1 fully saturated rings. The number of unbranched alkanes of at least 4 members (excludes halogenated alkanes) is 1. The zero-order valence-corrected chi connectivity index (χ0v) is 17.8. The average Bonchev–Trinajstić information content (AvgIpc) is 2.78. The SMILES string of the molecule is CCCCc1ccc(NC(=O)COc2ccc(C(=O)NC3CCCCC3)cc2)cc1. The number of rotatable bonds is 9. The van der Waals surface area contributed by atoms with E-state index in [4.69, 9.17) is 4.74 Å². The zero-order chi connectivity index (χ0) is 21.2. The normalized spacial score (nSPS) is 14.2. The van der Waals surface area contributed by atoms with Crippen molar-refractivity contribution in [2.24, 2.45) is 0 Å². The fourth-order valence-corrected chi connectivity index (χ4v) is 3.70. The maximum Gasteiger partial charge on any atom is 0.262 e. The summed E-state index contributed by atoms with van der Waals surface area (Å²) in [6, 6.07) is 15.1. The lowest BCUT2D eigenvalue weighted by atomic mass is 9.95. The number of hydrogen-bond donors (Lipinski definition) is 2. The molecule has 3 rings (SSSR count). The molecule has 0 unspecified atom stereocenters. The monoisotopic (exact) mass is 408 g/mol. The van der Waals surface area contributed by atoms with Gasteiger partial charge in [-0.25, -0.2) is 0 Å². The highest BCUT2D eigenvalue weighted by Gasteiger charge is 2.16. The Hall–Kier alpha value is -2.82. The first-order valence-corrected chi connectivity index (χ1v) is 11.1. The van der Waals surface area contributed by atoms with Crippen LogP contribution in [0.2, 0.25) is 0 Å². The molecule has 0 radical (unpaired) electrons. The minimum atomic E-state index is -0.213. The Morgan fingerprint density at radius 3 is 2.33 bits per heavy atom. The molecule has 160 valence electrons. The fourth-order valence-electron chi connectivity index (χ4n) is 3.70. The van der Waals surface area contributed by atoms with Crippen molar-refractivity contribution in [1.82, 2.24) is 5.32 Å². The van der Waals surface area contributed by atoms with E-state index in [1.165, 1.54) is 37.7 Å². The van der Waals surface area contributed by atoms with Gasteiger partial charge in [0.05, 0.1) is 0 Å². The first-order valence-electron chi connectivity index (χ1n) is 11.1. The Morgan fingerprint density at radius 2 is 1.67 bits per heavy atom. The molecule has 2 aromatic rings. The van der Waals surface area contributed by atoms with Crippen LogP contribution in [0, 0.1) is 0 Å². The topological polar surface area (TPSA) is 67.4 Å². The highest BCUT2D eigenvalue weighted by molar-refractivity contribution is 5.94. The van der Waals surface area contributed by atoms with E-state index < -0.39 is 0 Å². The maximum absolute atomic E-state index is 12.4. The van der Waals surface area contributed by atoms with Crippen LogP contribution in [0.15, 0.2) is 48.5 Å². The molecule has 0 spiro atoms. The summed E-state index contributed by atoms with van der Waals surface area (Å²) in [6.07, 6.45) is 9.14. The van der Waals surface area contributed by atoms with Crippen LogP contribution < -0.4 is 15.4 Å². The molecule has 1 aliphatic carbocycles. The Kier molecular flexibility index (Phi) is 8.30. The predicted octanol–water partition coefficient (Wildman–Crippen LogP) is 5.11. The smallest absolute Gasteiger partial charge is 0.262 e. The van der Waals surface area contributed by atoms with E-state index in [0.29, 0.717) is 11.3 Å². The Balaban J connectivity index is 1.42. The molecule has 5 nitrogen and oxygen atoms in total. The summed E-state index contributed by atoms with van der Waals surface area (Å²) in [6.45, 7) is 2.10. The minimum absolute atomic E-state index is 0.0476. The molecule has 2 amide bonds. The average molecular weight is 409 g/mol. The van der Waals surface area contributed by atoms with Crippen molar-refractivity contribution in [3.8, 4) is 5.75 Å². The number of hydrogen-bond acceptors (Lipinski definition) is 3. The standard InChI is InChI=1S/C25H32N2O3/c1-2-3-7-19-10-14-22(15-11-19)26-24(28)18-30-23-16-12-20(13-17-23)25(29)27-21-8-5-4-6-9-21/h10-17,21H,2-9,18H2,1H3,(H,26,28)(H,27,29). The van der Waals surface area contributed by atoms with Gasteiger partial charge in [-0.05, 0) is 67.6 Å². The lowest BCUT2D eigenvalue weighted by molar-refractivity contribution is -0.118. The highest BCUT2D eigenvalue weighted by Crippen LogP contribution is 2.19. The van der Waals surface area contributed by atoms with E-state index in [9.17, 15) is 9.59 Å². The number of amides is 2. The van der Waals surface area contributed by atoms with Gasteiger partial charge in [0.15, 0.2) is 6.61 Å². The first kappa shape index (κ1) is 21.9. The van der Waals surface area contributed by atoms with Crippen LogP contribution in [0.5, 0.6) is 5.75 Å². The van der Waals surface area contributed by atoms with Gasteiger partial charge in [-0.1, -0.05) is 44.7 Å². The van der Waals surface area contributed by atoms with Crippen molar-refractivity contribution >= 4 is 17.5 Å². The first-order chi connectivity index (χ1) is 14.6. The predicted molar refractivity (Wildman–Crippen MR) is 120 cm³/mol. The van der Waals surface area contributed by atoms with Gasteiger partial charge in [0.2, 0.25) is 0 Å². The quantitative estimate of drug-likeness (QED) is 0.606. The van der Waals surface area contributed by atoms with Gasteiger partial charge in [-0.3, -0.25) is 9.59 Å². The van der Waals surface area contributed by atoms with E-state index in [1.807, 2.05) is 24.3 Å². The van der Waals surface area contributed by atoms with Crippen LogP contribution in [-0.2, 0) is 11.2 Å². The number of nitrogens with one attached hydrogen (secondary N) is 2. The Morgan fingerprint density at radius 1 is 0.967 bits per heavy atom. The van der Waals surface area contributed by atoms with E-state index in [0.717, 1.165) is 24.9 Å². The summed E-state index contributed by atoms with van der Waals surface area (Å²) in [7, 11) is 0. The lowest BCUT2D eigenvalue weighted by Crippen LogP contribution is -2.36. The molecular formula is C25H32N2O3. The largest absolute Gasteiger partial charge is 0.484 e. The molecule has 5 heteroatoms. The van der Waals surface area contributed by atoms with Crippen LogP contribution >= 0.6 is 0 Å². The van der Waals surface area contributed by atoms with Gasteiger partial charge < -0.3 is 15.4 Å². The third-order valence-electron chi connectivity index (χ3n) is 5.48. The molecule has 0 bridgehead atoms. The summed E-state index contributed by atoms with van der Waals surface area (Å²) in [4.78, 5) is 24.5. The molecule has 0 aromatic heterocycles. The van der Waals surface area contributed by atoms with Gasteiger partial charge in [-0.15, -0.1) is 0 Å². The van der Waals surface area contributed by atoms with Gasteiger partial charge in [0.1, 0.15) is 5.75 Å². The van der Waals surface area contributed by atoms with Crippen molar-refractivity contribution in [3.63, 3.8) is 0 Å². The molecule has 2 aromatic carbocycles. The number of anilines is 1. The molecule has 2 N–H and O–H groups in total. The van der Waals surface area contributed by atoms with Crippen LogP contribution in [0.25, 0.3) is 0 Å². The molecule has 0 heterocycles. The molecule has 1 saturated carbocycles. The second kappa shape index (κ2) is 11.4. The number of carbonyl (C=O) groups excluding carboxylic acids is 2. The third-order valence-corrected chi connectivity index (χ3v) is 5.48. The lowest BCUT2D eigenvalue weighted by Gasteiger charge is -2.22. The second-order valence-electron chi connectivity index (χ2n) is 7.97. The minimum Gasteiger partial charge on any atom is -0.484 e. The molecule has 0 aliphatic heterocycles. The molecule has 30 heavy (non-hydrogen) atoms. The summed E-state index contributed by atoms with van der Waals surface area (Å²) < 4.78 is 5.56. The summed E-state index contributed by atoms with van der Waals surface area (Å²) in [5.41, 5.74) is 2.65. The van der Waals surface area contributed by atoms with E-state index in [2.05, 4.69) is 17.6 Å². The van der Waals surface area contributed by atoms with Crippen LogP contribution in [0.1, 0.15) is 67.8 Å². The summed E-state index contributed by atoms with van der Waals surface area (Å²) in [5.74, 6) is 0.304. The van der Waals surface area contributed by atoms with Crippen LogP contribution in [-0.4, -0.2) is 24.5 Å². The Labute approximate surface area is 179 Å². The molecule has 0 atom stereocenters. The van der Waals surface area contributed by atoms with E-state index in [1.54, 1.807) is 24.3 Å². The van der Waals surface area contributed by atoms with Gasteiger partial charge in [0, 0.05) is 17.3 Å². The van der Waals surface area contributed by atoms with Crippen molar-refractivity contribution < 1.29 is 14.3 Å². The van der Waals surface area contributed by atoms with E-state index in [-0.39, 0.29) is 24.5 Å². The van der Waals surface area contributed by atoms with Gasteiger partial charge >= 0.3 is 0 Å². The number of aryl methyl sites for hydroxylation is 1. The fraction of sp³-hybridized carbons (Fsp3) is 0.440. The molecular weight excluding hydrogens is 376 g/mol. The second-order valence-corrected chi connectivity index (χ2v) is 7.97. The highest BCUT2D eigenvalue weighted by atomic mass is 16.5. The summed E-state index contributed by atoms with van der Waals surface area (Å²) >= 11 is 0. The van der Waals surface area contributed by atoms with Gasteiger partial charge in [-0.2, -0.15) is 0 Å². The van der Waals surface area contributed by atoms with Crippen LogP contribution in [0.4, 0.5) is 5.69 Å². The maximum atomic E-state index is 12.4. The van der Waals surface area contributed by atoms with Crippen molar-refractivity contribution in [3.05, 3.63) is 59.7 Å². The number of benzene rings is 2. The van der Waals surface area contributed by atoms with Crippen molar-refractivity contribution in [2.75, 3.05) is 11.9 Å². The van der Waals surface area contributed by atoms with Crippen molar-refractivity contribution in [2.45, 2.75) is 64.3 Å². The number of carbonyl (C=O) groups is 2. The summed E-state index contributed by atoms with van der Waals surface area (Å²) in [5, 5.41) is 5.95. The van der Waals surface area contributed by atoms with Gasteiger partial charge in [0.25, 0.3) is 11.8 Å². The van der Waals surface area contributed by atoms with E-state index >= 15 is 0 Å². The third kappa shape index (κ3) is 6.90. The van der Waals surface area contributed by atoms with Crippen LogP contribution in [0.3, 0.4) is 0 Å². The van der Waals surface area contributed by atoms with Crippen molar-refractivity contribution in [1.29, 1.82) is 0 Å². The molecule has 1 aliphatic rings. The number of ether oxygens (including phenoxy) is 1. The molecule has 0 saturated heterocycles. The Bertz CT molecular complexity index is 809.